The molecule has 0 unspecified atom stereocenters. The molecule has 1 aliphatic rings. The van der Waals surface area contributed by atoms with E-state index < -0.39 is 5.60 Å². The average Bonchev–Trinajstić information content (AvgIpc) is 2.26. The van der Waals surface area contributed by atoms with E-state index in [2.05, 4.69) is 13.8 Å². The number of hydrogen-bond acceptors (Lipinski definition) is 3. The molecule has 0 radical (unpaired) electrons. The van der Waals surface area contributed by atoms with Crippen molar-refractivity contribution in [2.75, 3.05) is 13.1 Å². The fraction of sp³-hybridized carbons (Fsp3) is 0.867. The van der Waals surface area contributed by atoms with Crippen molar-refractivity contribution < 1.29 is 14.3 Å². The summed E-state index contributed by atoms with van der Waals surface area (Å²) in [6.07, 6.45) is 1.93. The van der Waals surface area contributed by atoms with E-state index in [4.69, 9.17) is 4.74 Å². The SMILES string of the molecule is CC(C)CC(=O)C1CCN(C(=O)OC(C)(C)C)CC1. The molecule has 110 valence electrons. The molecular formula is C15H27NO3. The van der Waals surface area contributed by atoms with Gasteiger partial charge in [0.15, 0.2) is 0 Å². The van der Waals surface area contributed by atoms with E-state index in [0.717, 1.165) is 12.8 Å². The number of ketones is 1. The predicted octanol–water partition coefficient (Wildman–Crippen LogP) is 3.25. The molecule has 4 heteroatoms. The Kier molecular flexibility index (Phi) is 5.39. The summed E-state index contributed by atoms with van der Waals surface area (Å²) in [5.74, 6) is 0.885. The minimum absolute atomic E-state index is 0.126. The van der Waals surface area contributed by atoms with Crippen molar-refractivity contribution in [2.45, 2.75) is 59.5 Å². The van der Waals surface area contributed by atoms with Gasteiger partial charge < -0.3 is 9.64 Å². The maximum Gasteiger partial charge on any atom is 0.410 e. The smallest absolute Gasteiger partial charge is 0.410 e. The van der Waals surface area contributed by atoms with Crippen molar-refractivity contribution in [3.05, 3.63) is 0 Å². The lowest BCUT2D eigenvalue weighted by Gasteiger charge is -2.33. The summed E-state index contributed by atoms with van der Waals surface area (Å²) in [6.45, 7) is 11.0. The van der Waals surface area contributed by atoms with Gasteiger partial charge in [-0.3, -0.25) is 4.79 Å². The van der Waals surface area contributed by atoms with Gasteiger partial charge in [-0.2, -0.15) is 0 Å². The van der Waals surface area contributed by atoms with Gasteiger partial charge in [-0.05, 0) is 39.5 Å². The van der Waals surface area contributed by atoms with Crippen molar-refractivity contribution in [3.8, 4) is 0 Å². The molecule has 0 aromatic rings. The van der Waals surface area contributed by atoms with E-state index >= 15 is 0 Å². The molecule has 0 saturated carbocycles. The second-order valence-electron chi connectivity index (χ2n) is 6.81. The number of piperidine rings is 1. The van der Waals surface area contributed by atoms with Crippen LogP contribution in [0, 0.1) is 11.8 Å². The van der Waals surface area contributed by atoms with Crippen molar-refractivity contribution >= 4 is 11.9 Å². The summed E-state index contributed by atoms with van der Waals surface area (Å²) in [5, 5.41) is 0. The quantitative estimate of drug-likeness (QED) is 0.790. The Morgan fingerprint density at radius 3 is 2.16 bits per heavy atom. The highest BCUT2D eigenvalue weighted by Gasteiger charge is 2.29. The van der Waals surface area contributed by atoms with Gasteiger partial charge in [0, 0.05) is 25.4 Å². The van der Waals surface area contributed by atoms with Crippen LogP contribution in [0.2, 0.25) is 0 Å². The minimum Gasteiger partial charge on any atom is -0.444 e. The number of carbonyl (C=O) groups is 2. The van der Waals surface area contributed by atoms with Crippen molar-refractivity contribution in [1.82, 2.24) is 4.90 Å². The fourth-order valence-corrected chi connectivity index (χ4v) is 2.28. The normalized spacial score (nSPS) is 17.7. The van der Waals surface area contributed by atoms with Crippen LogP contribution in [0.5, 0.6) is 0 Å². The number of carbonyl (C=O) groups excluding carboxylic acids is 2. The van der Waals surface area contributed by atoms with Gasteiger partial charge in [0.2, 0.25) is 0 Å². The zero-order valence-electron chi connectivity index (χ0n) is 12.9. The van der Waals surface area contributed by atoms with E-state index in [-0.39, 0.29) is 12.0 Å². The molecule has 0 spiro atoms. The lowest BCUT2D eigenvalue weighted by Crippen LogP contribution is -2.43. The molecule has 0 N–H and O–H groups in total. The summed E-state index contributed by atoms with van der Waals surface area (Å²) in [5.41, 5.74) is -0.457. The third-order valence-electron chi connectivity index (χ3n) is 3.21. The Morgan fingerprint density at radius 1 is 1.21 bits per heavy atom. The van der Waals surface area contributed by atoms with Crippen LogP contribution >= 0.6 is 0 Å². The van der Waals surface area contributed by atoms with Crippen LogP contribution < -0.4 is 0 Å². The van der Waals surface area contributed by atoms with Crippen LogP contribution in [0.1, 0.15) is 53.9 Å². The van der Waals surface area contributed by atoms with Gasteiger partial charge in [-0.1, -0.05) is 13.8 Å². The first-order valence-electron chi connectivity index (χ1n) is 7.19. The Hall–Kier alpha value is -1.06. The summed E-state index contributed by atoms with van der Waals surface area (Å²) in [6, 6.07) is 0. The molecule has 1 fully saturated rings. The minimum atomic E-state index is -0.457. The summed E-state index contributed by atoms with van der Waals surface area (Å²) in [7, 11) is 0. The fourth-order valence-electron chi connectivity index (χ4n) is 2.28. The highest BCUT2D eigenvalue weighted by molar-refractivity contribution is 5.81. The number of ether oxygens (including phenoxy) is 1. The molecule has 1 heterocycles. The maximum atomic E-state index is 12.0. The first kappa shape index (κ1) is 16.0. The Bertz CT molecular complexity index is 323. The first-order valence-corrected chi connectivity index (χ1v) is 7.19. The number of likely N-dealkylation sites (tertiary alicyclic amines) is 1. The average molecular weight is 269 g/mol. The first-order chi connectivity index (χ1) is 8.69. The Labute approximate surface area is 116 Å². The third kappa shape index (κ3) is 5.62. The molecule has 0 atom stereocenters. The van der Waals surface area contributed by atoms with Crippen LogP contribution in [0.15, 0.2) is 0 Å². The van der Waals surface area contributed by atoms with Gasteiger partial charge in [0.05, 0.1) is 0 Å². The molecule has 1 saturated heterocycles. The Balaban J connectivity index is 2.40. The number of hydrogen-bond donors (Lipinski definition) is 0. The largest absolute Gasteiger partial charge is 0.444 e. The molecule has 19 heavy (non-hydrogen) atoms. The lowest BCUT2D eigenvalue weighted by atomic mass is 9.88. The molecule has 0 bridgehead atoms. The highest BCUT2D eigenvalue weighted by Crippen LogP contribution is 2.22. The van der Waals surface area contributed by atoms with Crippen LogP contribution in [-0.2, 0) is 9.53 Å². The summed E-state index contributed by atoms with van der Waals surface area (Å²) in [4.78, 5) is 25.6. The molecule has 4 nitrogen and oxygen atoms in total. The zero-order valence-corrected chi connectivity index (χ0v) is 12.9. The maximum absolute atomic E-state index is 12.0. The molecule has 0 aliphatic carbocycles. The second kappa shape index (κ2) is 6.40. The molecule has 1 aliphatic heterocycles. The van der Waals surface area contributed by atoms with Gasteiger partial charge >= 0.3 is 6.09 Å². The van der Waals surface area contributed by atoms with Gasteiger partial charge in [-0.25, -0.2) is 4.79 Å². The third-order valence-corrected chi connectivity index (χ3v) is 3.21. The monoisotopic (exact) mass is 269 g/mol. The Morgan fingerprint density at radius 2 is 1.74 bits per heavy atom. The van der Waals surface area contributed by atoms with Gasteiger partial charge in [0.1, 0.15) is 11.4 Å². The van der Waals surface area contributed by atoms with E-state index in [1.54, 1.807) is 4.90 Å². The number of Topliss-reactive ketones (excluding diaryl/α,β-unsaturated/α-hetero) is 1. The van der Waals surface area contributed by atoms with E-state index in [1.165, 1.54) is 0 Å². The molecular weight excluding hydrogens is 242 g/mol. The zero-order chi connectivity index (χ0) is 14.6. The second-order valence-corrected chi connectivity index (χ2v) is 6.81. The number of rotatable bonds is 3. The number of nitrogens with zero attached hydrogens (tertiary/aromatic N) is 1. The van der Waals surface area contributed by atoms with Crippen molar-refractivity contribution in [3.63, 3.8) is 0 Å². The van der Waals surface area contributed by atoms with Crippen LogP contribution in [0.4, 0.5) is 4.79 Å². The van der Waals surface area contributed by atoms with Crippen LogP contribution in [0.25, 0.3) is 0 Å². The van der Waals surface area contributed by atoms with Crippen molar-refractivity contribution in [1.29, 1.82) is 0 Å². The van der Waals surface area contributed by atoms with E-state index in [9.17, 15) is 9.59 Å². The van der Waals surface area contributed by atoms with E-state index in [0.29, 0.717) is 31.2 Å². The topological polar surface area (TPSA) is 46.6 Å². The summed E-state index contributed by atoms with van der Waals surface area (Å²) < 4.78 is 5.34. The predicted molar refractivity (Wildman–Crippen MR) is 75.0 cm³/mol. The van der Waals surface area contributed by atoms with Crippen molar-refractivity contribution in [2.24, 2.45) is 11.8 Å². The van der Waals surface area contributed by atoms with E-state index in [1.807, 2.05) is 20.8 Å². The van der Waals surface area contributed by atoms with Gasteiger partial charge in [-0.15, -0.1) is 0 Å². The lowest BCUT2D eigenvalue weighted by molar-refractivity contribution is -0.125. The molecule has 0 aromatic heterocycles. The highest BCUT2D eigenvalue weighted by atomic mass is 16.6. The van der Waals surface area contributed by atoms with Crippen LogP contribution in [0.3, 0.4) is 0 Å². The van der Waals surface area contributed by atoms with Crippen LogP contribution in [-0.4, -0.2) is 35.5 Å². The molecule has 1 rings (SSSR count). The molecule has 1 amide bonds. The molecule has 0 aromatic carbocycles. The standard InChI is InChI=1S/C15H27NO3/c1-11(2)10-13(17)12-6-8-16(9-7-12)14(18)19-15(3,4)5/h11-12H,6-10H2,1-5H3. The van der Waals surface area contributed by atoms with Gasteiger partial charge in [0.25, 0.3) is 0 Å². The number of amides is 1. The summed E-state index contributed by atoms with van der Waals surface area (Å²) >= 11 is 0.